The number of rotatable bonds is 16. The van der Waals surface area contributed by atoms with Gasteiger partial charge in [0, 0.05) is 65.3 Å². The summed E-state index contributed by atoms with van der Waals surface area (Å²) in [6.45, 7) is 19.4. The number of cyclic esters (lactones) is 4. The summed E-state index contributed by atoms with van der Waals surface area (Å²) < 4.78 is 28.1. The Morgan fingerprint density at radius 2 is 0.785 bits per heavy atom. The zero-order valence-corrected chi connectivity index (χ0v) is 48.9. The highest BCUT2D eigenvalue weighted by Gasteiger charge is 2.42. The van der Waals surface area contributed by atoms with Gasteiger partial charge in [0.1, 0.15) is 30.3 Å². The highest BCUT2D eigenvalue weighted by atomic mass is 16.6. The van der Waals surface area contributed by atoms with Gasteiger partial charge in [-0.05, 0) is 105 Å². The number of carbonyl (C=O) groups is 7. The van der Waals surface area contributed by atoms with Crippen molar-refractivity contribution in [3.63, 3.8) is 0 Å². The molecule has 432 valence electrons. The number of nitrogens with zero attached hydrogens (tertiary/aromatic N) is 8. The molecule has 1 aliphatic heterocycles. The third-order valence-corrected chi connectivity index (χ3v) is 14.1. The van der Waals surface area contributed by atoms with Crippen molar-refractivity contribution >= 4 is 41.6 Å². The van der Waals surface area contributed by atoms with Gasteiger partial charge in [-0.25, -0.2) is 14.4 Å². The maximum atomic E-state index is 15.0. The molecule has 79 heavy (non-hydrogen) atoms. The molecular formula is C60H86N8O11. The predicted molar refractivity (Wildman–Crippen MR) is 298 cm³/mol. The van der Waals surface area contributed by atoms with Crippen molar-refractivity contribution in [2.24, 2.45) is 23.7 Å². The first-order valence-electron chi connectivity index (χ1n) is 27.7. The zero-order chi connectivity index (χ0) is 58.2. The lowest BCUT2D eigenvalue weighted by molar-refractivity contribution is -0.174. The van der Waals surface area contributed by atoms with Gasteiger partial charge < -0.3 is 33.6 Å². The molecule has 3 heterocycles. The van der Waals surface area contributed by atoms with E-state index in [0.717, 1.165) is 11.1 Å². The average molecular weight is 1100 g/mol. The highest BCUT2D eigenvalue weighted by molar-refractivity contribution is 5.93. The summed E-state index contributed by atoms with van der Waals surface area (Å²) in [6, 6.07) is 14.2. The quantitative estimate of drug-likeness (QED) is 0.0854. The molecule has 1 aliphatic rings. The first-order chi connectivity index (χ1) is 37.3. The van der Waals surface area contributed by atoms with Crippen LogP contribution in [-0.4, -0.2) is 164 Å². The van der Waals surface area contributed by atoms with E-state index in [-0.39, 0.29) is 62.3 Å². The van der Waals surface area contributed by atoms with Crippen LogP contribution in [0.2, 0.25) is 0 Å². The molecule has 8 atom stereocenters. The summed E-state index contributed by atoms with van der Waals surface area (Å²) >= 11 is 0. The lowest BCUT2D eigenvalue weighted by Crippen LogP contribution is -2.54. The second-order valence-corrected chi connectivity index (χ2v) is 23.0. The fourth-order valence-corrected chi connectivity index (χ4v) is 9.78. The molecule has 5 rings (SSSR count). The Balaban J connectivity index is 1.56. The molecule has 3 amide bonds. The summed E-state index contributed by atoms with van der Waals surface area (Å²) in [6.07, 6.45) is 2.63. The molecule has 0 bridgehead atoms. The minimum atomic E-state index is -1.46. The second kappa shape index (κ2) is 29.4. The lowest BCUT2D eigenvalue weighted by Gasteiger charge is -2.35. The van der Waals surface area contributed by atoms with E-state index in [1.165, 1.54) is 42.8 Å². The van der Waals surface area contributed by atoms with E-state index in [4.69, 9.17) is 18.9 Å². The first kappa shape index (κ1) is 62.9. The van der Waals surface area contributed by atoms with Crippen molar-refractivity contribution in [1.29, 1.82) is 0 Å². The molecule has 1 fully saturated rings. The maximum absolute atomic E-state index is 15.0. The third-order valence-electron chi connectivity index (χ3n) is 14.1. The average Bonchev–Trinajstić information content (AvgIpc) is 4.13. The molecule has 19 nitrogen and oxygen atoms in total. The molecule has 1 saturated heterocycles. The Kier molecular flexibility index (Phi) is 23.4. The Hall–Kier alpha value is -6.89. The maximum Gasteiger partial charge on any atom is 0.329 e. The molecule has 0 spiro atoms. The van der Waals surface area contributed by atoms with Crippen molar-refractivity contribution < 1.29 is 52.5 Å². The summed E-state index contributed by atoms with van der Waals surface area (Å²) in [5.74, 6) is -5.58. The van der Waals surface area contributed by atoms with Gasteiger partial charge in [-0.2, -0.15) is 10.2 Å². The van der Waals surface area contributed by atoms with E-state index in [0.29, 0.717) is 30.6 Å². The minimum absolute atomic E-state index is 0.0180. The van der Waals surface area contributed by atoms with Crippen molar-refractivity contribution in [2.45, 2.75) is 169 Å². The van der Waals surface area contributed by atoms with E-state index >= 15 is 0 Å². The summed E-state index contributed by atoms with van der Waals surface area (Å²) in [7, 11) is 6.06. The van der Waals surface area contributed by atoms with Crippen LogP contribution in [0.1, 0.15) is 117 Å². The van der Waals surface area contributed by atoms with Crippen molar-refractivity contribution in [2.75, 3.05) is 34.7 Å². The van der Waals surface area contributed by atoms with Crippen LogP contribution in [0.15, 0.2) is 85.5 Å². The number of aromatic nitrogens is 4. The minimum Gasteiger partial charge on any atom is -0.460 e. The van der Waals surface area contributed by atoms with Gasteiger partial charge in [0.25, 0.3) is 17.7 Å². The Bertz CT molecular complexity index is 2600. The van der Waals surface area contributed by atoms with Gasteiger partial charge in [0.2, 0.25) is 0 Å². The lowest BCUT2D eigenvalue weighted by atomic mass is 9.99. The van der Waals surface area contributed by atoms with Gasteiger partial charge >= 0.3 is 23.9 Å². The van der Waals surface area contributed by atoms with E-state index in [1.807, 2.05) is 128 Å². The number of hydrogen-bond donors (Lipinski definition) is 0. The standard InChI is InChI=1S/C60H86N8O11/c1-38(2)29-48-57(72)78-52(33-44-17-21-46(22-18-44)36-67-27-15-25-61-67)55(70)66(14)50(31-40(5)6)59(74)77-43(10)54(69)64(12)51(32-41(7)8)60(75)79-53(34-45-19-23-47(24-20-45)37-68-28-16-26-62-68)56(71)65(13)49(30-39(3)4)58(73)76-42(9)35-63(48)11/h15-28,38-43,48-53H,29-37H2,1-14H3/t42-,43-,48+,49+,50+,51+,52-,53-/m1/s1. The normalized spacial score (nSPS) is 23.6. The molecule has 0 saturated carbocycles. The Morgan fingerprint density at radius 3 is 1.15 bits per heavy atom. The molecule has 0 aliphatic carbocycles. The smallest absolute Gasteiger partial charge is 0.329 e. The number of benzene rings is 2. The van der Waals surface area contributed by atoms with E-state index in [2.05, 4.69) is 10.2 Å². The number of carbonyl (C=O) groups excluding carboxylic acids is 7. The van der Waals surface area contributed by atoms with Gasteiger partial charge in [0.15, 0.2) is 18.3 Å². The van der Waals surface area contributed by atoms with Crippen LogP contribution >= 0.6 is 0 Å². The molecule has 2 aromatic carbocycles. The van der Waals surface area contributed by atoms with Crippen LogP contribution in [0, 0.1) is 23.7 Å². The first-order valence-corrected chi connectivity index (χ1v) is 27.7. The molecule has 19 heteroatoms. The molecule has 4 aromatic rings. The van der Waals surface area contributed by atoms with Crippen LogP contribution in [0.4, 0.5) is 0 Å². The highest BCUT2D eigenvalue weighted by Crippen LogP contribution is 2.24. The van der Waals surface area contributed by atoms with Gasteiger partial charge in [-0.15, -0.1) is 0 Å². The number of likely N-dealkylation sites (N-methyl/N-ethyl adjacent to an activating group) is 4. The fraction of sp³-hybridized carbons (Fsp3) is 0.583. The van der Waals surface area contributed by atoms with Crippen molar-refractivity contribution in [3.8, 4) is 0 Å². The largest absolute Gasteiger partial charge is 0.460 e. The monoisotopic (exact) mass is 1090 g/mol. The van der Waals surface area contributed by atoms with Crippen LogP contribution in [-0.2, 0) is 78.4 Å². The van der Waals surface area contributed by atoms with E-state index < -0.39 is 90.2 Å². The molecule has 0 N–H and O–H groups in total. The fourth-order valence-electron chi connectivity index (χ4n) is 9.78. The molecule has 0 unspecified atom stereocenters. The van der Waals surface area contributed by atoms with Crippen LogP contribution in [0.3, 0.4) is 0 Å². The van der Waals surface area contributed by atoms with Gasteiger partial charge in [0.05, 0.1) is 13.1 Å². The Labute approximate surface area is 467 Å². The third kappa shape index (κ3) is 18.6. The topological polar surface area (TPSA) is 205 Å². The summed E-state index contributed by atoms with van der Waals surface area (Å²) in [5, 5.41) is 8.59. The zero-order valence-electron chi connectivity index (χ0n) is 48.9. The van der Waals surface area contributed by atoms with Crippen LogP contribution < -0.4 is 0 Å². The predicted octanol–water partition coefficient (Wildman–Crippen LogP) is 6.63. The second-order valence-electron chi connectivity index (χ2n) is 23.0. The van der Waals surface area contributed by atoms with Gasteiger partial charge in [-0.3, -0.25) is 33.4 Å². The number of esters is 4. The SMILES string of the molecule is CC(C)C[C@H]1C(=O)O[C@H](Cc2ccc(Cn3cccn3)cc2)C(=O)N(C)[C@@H](CC(C)C)C(=O)O[C@H](C)C(=O)N(C)[C@@H](CC(C)C)C(=O)O[C@H](Cc2ccc(Cn3cccn3)cc2)C(=O)N(C)[C@@H](CC(C)C)C(=O)O[C@H](C)CN1C. The number of ether oxygens (including phenoxy) is 4. The number of amides is 3. The molecular weight excluding hydrogens is 1010 g/mol. The van der Waals surface area contributed by atoms with Crippen molar-refractivity contribution in [1.82, 2.24) is 39.2 Å². The number of hydrogen-bond acceptors (Lipinski definition) is 14. The Morgan fingerprint density at radius 1 is 0.456 bits per heavy atom. The molecule has 0 radical (unpaired) electrons. The van der Waals surface area contributed by atoms with Gasteiger partial charge in [-0.1, -0.05) is 104 Å². The summed E-state index contributed by atoms with van der Waals surface area (Å²) in [4.78, 5) is 108. The van der Waals surface area contributed by atoms with E-state index in [1.54, 1.807) is 40.6 Å². The van der Waals surface area contributed by atoms with E-state index in [9.17, 15) is 33.6 Å². The molecule has 2 aromatic heterocycles. The summed E-state index contributed by atoms with van der Waals surface area (Å²) in [5.41, 5.74) is 3.25. The van der Waals surface area contributed by atoms with Crippen LogP contribution in [0.5, 0.6) is 0 Å². The van der Waals surface area contributed by atoms with Crippen molar-refractivity contribution in [3.05, 3.63) is 108 Å². The van der Waals surface area contributed by atoms with Crippen LogP contribution in [0.25, 0.3) is 0 Å².